The first-order chi connectivity index (χ1) is 4.18. The van der Waals surface area contributed by atoms with Crippen LogP contribution >= 0.6 is 0 Å². The van der Waals surface area contributed by atoms with Crippen LogP contribution in [0.5, 0.6) is 5.88 Å². The Kier molecular flexibility index (Phi) is 1.22. The largest absolute Gasteiger partial charge is 0.493 e. The fraction of sp³-hybridized carbons (Fsp3) is 0.200. The molecule has 0 saturated carbocycles. The minimum Gasteiger partial charge on any atom is -0.493 e. The fourth-order valence-electron chi connectivity index (χ4n) is 0.564. The lowest BCUT2D eigenvalue weighted by molar-refractivity contribution is 0.449. The molecule has 0 aliphatic carbocycles. The van der Waals surface area contributed by atoms with Crippen LogP contribution in [0, 0.1) is 6.92 Å². The molecule has 0 saturated heterocycles. The summed E-state index contributed by atoms with van der Waals surface area (Å²) in [6, 6.07) is 1.02. The summed E-state index contributed by atoms with van der Waals surface area (Å²) in [5.74, 6) is 0.177. The number of aryl methyl sites for hydroxylation is 1. The summed E-state index contributed by atoms with van der Waals surface area (Å²) in [5.41, 5.74) is -0.333. The predicted octanol–water partition coefficient (Wildman–Crippen LogP) is -0.216. The number of aromatic amines is 1. The highest BCUT2D eigenvalue weighted by molar-refractivity contribution is 5.05. The van der Waals surface area contributed by atoms with Crippen LogP contribution < -0.4 is 5.56 Å². The SMILES string of the molecule is Cc1nc(O)cc(=O)[nH]1. The van der Waals surface area contributed by atoms with Gasteiger partial charge in [-0.15, -0.1) is 0 Å². The number of aromatic hydroxyl groups is 1. The number of nitrogens with one attached hydrogen (secondary N) is 1. The summed E-state index contributed by atoms with van der Waals surface area (Å²) in [4.78, 5) is 16.4. The number of rotatable bonds is 0. The molecule has 0 aromatic carbocycles. The minimum atomic E-state index is -0.333. The lowest BCUT2D eigenvalue weighted by Gasteiger charge is -1.89. The number of aromatic nitrogens is 2. The molecule has 0 aliphatic heterocycles. The first kappa shape index (κ1) is 5.81. The molecule has 0 atom stereocenters. The Hall–Kier alpha value is -1.32. The van der Waals surface area contributed by atoms with Crippen molar-refractivity contribution in [2.45, 2.75) is 6.92 Å². The van der Waals surface area contributed by atoms with Crippen LogP contribution in [-0.4, -0.2) is 15.1 Å². The maximum absolute atomic E-state index is 10.5. The van der Waals surface area contributed by atoms with Gasteiger partial charge in [0.1, 0.15) is 5.82 Å². The first-order valence-corrected chi connectivity index (χ1v) is 2.45. The van der Waals surface area contributed by atoms with Crippen LogP contribution in [0.25, 0.3) is 0 Å². The summed E-state index contributed by atoms with van der Waals surface area (Å²) in [7, 11) is 0. The Labute approximate surface area is 51.2 Å². The quantitative estimate of drug-likeness (QED) is 0.505. The number of nitrogens with zero attached hydrogens (tertiary/aromatic N) is 1. The van der Waals surface area contributed by atoms with E-state index in [1.165, 1.54) is 0 Å². The molecule has 0 unspecified atom stereocenters. The van der Waals surface area contributed by atoms with Gasteiger partial charge in [0, 0.05) is 0 Å². The van der Waals surface area contributed by atoms with Crippen LogP contribution in [0.2, 0.25) is 0 Å². The van der Waals surface area contributed by atoms with Gasteiger partial charge in [0.25, 0.3) is 5.56 Å². The number of hydrogen-bond acceptors (Lipinski definition) is 3. The van der Waals surface area contributed by atoms with Gasteiger partial charge in [0.05, 0.1) is 6.07 Å². The zero-order valence-electron chi connectivity index (χ0n) is 4.88. The van der Waals surface area contributed by atoms with Gasteiger partial charge in [-0.05, 0) is 6.92 Å². The third-order valence-corrected chi connectivity index (χ3v) is 0.847. The zero-order chi connectivity index (χ0) is 6.85. The highest BCUT2D eigenvalue weighted by Gasteiger charge is 1.90. The van der Waals surface area contributed by atoms with Crippen molar-refractivity contribution in [2.75, 3.05) is 0 Å². The normalized spacial score (nSPS) is 9.44. The summed E-state index contributed by atoms with van der Waals surface area (Å²) in [5, 5.41) is 8.66. The second kappa shape index (κ2) is 1.89. The molecule has 0 radical (unpaired) electrons. The summed E-state index contributed by atoms with van der Waals surface area (Å²) < 4.78 is 0. The fourth-order valence-corrected chi connectivity index (χ4v) is 0.564. The molecule has 0 spiro atoms. The molecule has 0 fully saturated rings. The second-order valence-corrected chi connectivity index (χ2v) is 1.69. The van der Waals surface area contributed by atoms with Gasteiger partial charge >= 0.3 is 0 Å². The maximum atomic E-state index is 10.5. The predicted molar refractivity (Wildman–Crippen MR) is 31.3 cm³/mol. The van der Waals surface area contributed by atoms with E-state index in [1.54, 1.807) is 6.92 Å². The molecule has 0 bridgehead atoms. The van der Waals surface area contributed by atoms with Gasteiger partial charge < -0.3 is 10.1 Å². The molecule has 2 N–H and O–H groups in total. The number of hydrogen-bond donors (Lipinski definition) is 2. The van der Waals surface area contributed by atoms with Crippen molar-refractivity contribution in [3.05, 3.63) is 22.2 Å². The maximum Gasteiger partial charge on any atom is 0.254 e. The minimum absolute atomic E-state index is 0.240. The van der Waals surface area contributed by atoms with Crippen LogP contribution in [0.1, 0.15) is 5.82 Å². The van der Waals surface area contributed by atoms with Gasteiger partial charge in [-0.2, -0.15) is 0 Å². The van der Waals surface area contributed by atoms with Crippen molar-refractivity contribution >= 4 is 0 Å². The van der Waals surface area contributed by atoms with E-state index in [9.17, 15) is 4.79 Å². The van der Waals surface area contributed by atoms with E-state index in [1.807, 2.05) is 0 Å². The van der Waals surface area contributed by atoms with Crippen LogP contribution in [-0.2, 0) is 0 Å². The van der Waals surface area contributed by atoms with Gasteiger partial charge in [0.15, 0.2) is 0 Å². The monoisotopic (exact) mass is 126 g/mol. The lowest BCUT2D eigenvalue weighted by atomic mass is 10.6. The third-order valence-electron chi connectivity index (χ3n) is 0.847. The highest BCUT2D eigenvalue weighted by atomic mass is 16.3. The molecule has 4 heteroatoms. The van der Waals surface area contributed by atoms with Crippen molar-refractivity contribution in [1.82, 2.24) is 9.97 Å². The zero-order valence-corrected chi connectivity index (χ0v) is 4.88. The van der Waals surface area contributed by atoms with E-state index < -0.39 is 0 Å². The molecule has 0 amide bonds. The van der Waals surface area contributed by atoms with E-state index in [0.29, 0.717) is 5.82 Å². The molecule has 48 valence electrons. The van der Waals surface area contributed by atoms with E-state index >= 15 is 0 Å². The van der Waals surface area contributed by atoms with Gasteiger partial charge in [0.2, 0.25) is 5.88 Å². The van der Waals surface area contributed by atoms with Crippen molar-refractivity contribution in [2.24, 2.45) is 0 Å². The van der Waals surface area contributed by atoms with Crippen LogP contribution in [0.15, 0.2) is 10.9 Å². The molecule has 1 aromatic rings. The lowest BCUT2D eigenvalue weighted by Crippen LogP contribution is -2.06. The van der Waals surface area contributed by atoms with E-state index in [0.717, 1.165) is 6.07 Å². The molecule has 1 heterocycles. The molecular formula is C5H6N2O2. The van der Waals surface area contributed by atoms with Crippen LogP contribution in [0.3, 0.4) is 0 Å². The van der Waals surface area contributed by atoms with Gasteiger partial charge in [-0.1, -0.05) is 0 Å². The summed E-state index contributed by atoms with van der Waals surface area (Å²) in [6.07, 6.45) is 0. The van der Waals surface area contributed by atoms with E-state index in [2.05, 4.69) is 9.97 Å². The standard InChI is InChI=1S/C5H6N2O2/c1-3-6-4(8)2-5(9)7-3/h2H,1H3,(H2,6,7,8,9). The first-order valence-electron chi connectivity index (χ1n) is 2.45. The van der Waals surface area contributed by atoms with Gasteiger partial charge in [-0.3, -0.25) is 4.79 Å². The van der Waals surface area contributed by atoms with Crippen LogP contribution in [0.4, 0.5) is 0 Å². The molecule has 1 rings (SSSR count). The Morgan fingerprint density at radius 1 is 1.78 bits per heavy atom. The molecule has 4 nitrogen and oxygen atoms in total. The second-order valence-electron chi connectivity index (χ2n) is 1.69. The Balaban J connectivity index is 3.33. The topological polar surface area (TPSA) is 66.0 Å². The Morgan fingerprint density at radius 3 is 2.89 bits per heavy atom. The van der Waals surface area contributed by atoms with Crippen molar-refractivity contribution in [3.63, 3.8) is 0 Å². The summed E-state index contributed by atoms with van der Waals surface area (Å²) in [6.45, 7) is 1.60. The number of H-pyrrole nitrogens is 1. The Bertz CT molecular complexity index is 243. The van der Waals surface area contributed by atoms with E-state index in [4.69, 9.17) is 5.11 Å². The average Bonchev–Trinajstić information content (AvgIpc) is 1.59. The third kappa shape index (κ3) is 1.28. The average molecular weight is 126 g/mol. The molecule has 9 heavy (non-hydrogen) atoms. The van der Waals surface area contributed by atoms with Crippen molar-refractivity contribution in [1.29, 1.82) is 0 Å². The van der Waals surface area contributed by atoms with E-state index in [-0.39, 0.29) is 11.4 Å². The molecule has 1 aromatic heterocycles. The van der Waals surface area contributed by atoms with Gasteiger partial charge in [-0.25, -0.2) is 4.98 Å². The molecular weight excluding hydrogens is 120 g/mol. The van der Waals surface area contributed by atoms with Crippen molar-refractivity contribution < 1.29 is 5.11 Å². The Morgan fingerprint density at radius 2 is 2.44 bits per heavy atom. The summed E-state index contributed by atoms with van der Waals surface area (Å²) >= 11 is 0. The van der Waals surface area contributed by atoms with Crippen molar-refractivity contribution in [3.8, 4) is 5.88 Å². The highest BCUT2D eigenvalue weighted by Crippen LogP contribution is 1.94. The molecule has 0 aliphatic rings. The smallest absolute Gasteiger partial charge is 0.254 e.